The average Bonchev–Trinajstić information content (AvgIpc) is 2.37. The lowest BCUT2D eigenvalue weighted by Gasteiger charge is -2.41. The van der Waals surface area contributed by atoms with Crippen molar-refractivity contribution in [2.75, 3.05) is 0 Å². The molecule has 0 radical (unpaired) electrons. The van der Waals surface area contributed by atoms with E-state index in [9.17, 15) is 0 Å². The predicted octanol–water partition coefficient (Wildman–Crippen LogP) is 4.90. The third-order valence-electron chi connectivity index (χ3n) is 4.42. The fourth-order valence-corrected chi connectivity index (χ4v) is 3.13. The standard InChI is InChI=1S/C18H21ClN2/c1-17(2,3)14-12-15(19)21-16(20-14)18(10-7-11-18)13-8-5-4-6-9-13/h4-6,8-9,12H,7,10-11H2,1-3H3. The number of benzene rings is 1. The van der Waals surface area contributed by atoms with Crippen LogP contribution in [-0.4, -0.2) is 9.97 Å². The molecule has 1 aliphatic rings. The van der Waals surface area contributed by atoms with Crippen LogP contribution in [0, 0.1) is 0 Å². The molecule has 3 rings (SSSR count). The van der Waals surface area contributed by atoms with E-state index < -0.39 is 0 Å². The highest BCUT2D eigenvalue weighted by molar-refractivity contribution is 6.29. The third kappa shape index (κ3) is 2.57. The highest BCUT2D eigenvalue weighted by Crippen LogP contribution is 2.48. The van der Waals surface area contributed by atoms with Crippen LogP contribution in [0.4, 0.5) is 0 Å². The van der Waals surface area contributed by atoms with Gasteiger partial charge in [-0.3, -0.25) is 0 Å². The van der Waals surface area contributed by atoms with Gasteiger partial charge in [-0.05, 0) is 24.5 Å². The minimum absolute atomic E-state index is 0.0248. The van der Waals surface area contributed by atoms with Crippen LogP contribution < -0.4 is 0 Å². The first kappa shape index (κ1) is 14.5. The van der Waals surface area contributed by atoms with Gasteiger partial charge in [-0.15, -0.1) is 0 Å². The summed E-state index contributed by atoms with van der Waals surface area (Å²) in [6, 6.07) is 12.5. The molecule has 1 aromatic heterocycles. The summed E-state index contributed by atoms with van der Waals surface area (Å²) < 4.78 is 0. The lowest BCUT2D eigenvalue weighted by molar-refractivity contribution is 0.283. The van der Waals surface area contributed by atoms with Gasteiger partial charge in [0, 0.05) is 5.41 Å². The van der Waals surface area contributed by atoms with E-state index in [2.05, 4.69) is 56.1 Å². The molecule has 0 amide bonds. The van der Waals surface area contributed by atoms with E-state index in [1.165, 1.54) is 12.0 Å². The molecule has 2 aromatic rings. The van der Waals surface area contributed by atoms with E-state index in [1.54, 1.807) is 0 Å². The summed E-state index contributed by atoms with van der Waals surface area (Å²) in [6.07, 6.45) is 3.41. The Balaban J connectivity index is 2.12. The van der Waals surface area contributed by atoms with Crippen molar-refractivity contribution < 1.29 is 0 Å². The lowest BCUT2D eigenvalue weighted by atomic mass is 9.63. The van der Waals surface area contributed by atoms with Crippen molar-refractivity contribution in [1.82, 2.24) is 9.97 Å². The van der Waals surface area contributed by atoms with Gasteiger partial charge in [0.15, 0.2) is 0 Å². The van der Waals surface area contributed by atoms with Gasteiger partial charge in [-0.25, -0.2) is 9.97 Å². The molecule has 0 aliphatic heterocycles. The van der Waals surface area contributed by atoms with E-state index in [4.69, 9.17) is 16.6 Å². The molecule has 0 bridgehead atoms. The van der Waals surface area contributed by atoms with Crippen molar-refractivity contribution in [2.24, 2.45) is 0 Å². The van der Waals surface area contributed by atoms with Crippen LogP contribution in [0.15, 0.2) is 36.4 Å². The molecule has 1 fully saturated rings. The van der Waals surface area contributed by atoms with Gasteiger partial charge >= 0.3 is 0 Å². The Morgan fingerprint density at radius 3 is 2.24 bits per heavy atom. The average molecular weight is 301 g/mol. The maximum Gasteiger partial charge on any atom is 0.140 e. The van der Waals surface area contributed by atoms with Gasteiger partial charge in [0.1, 0.15) is 11.0 Å². The van der Waals surface area contributed by atoms with Crippen molar-refractivity contribution in [3.05, 3.63) is 58.6 Å². The Hall–Kier alpha value is -1.41. The Kier molecular flexibility index (Phi) is 3.53. The van der Waals surface area contributed by atoms with Crippen LogP contribution >= 0.6 is 11.6 Å². The lowest BCUT2D eigenvalue weighted by Crippen LogP contribution is -2.38. The molecule has 1 aliphatic carbocycles. The molecular formula is C18H21ClN2. The predicted molar refractivity (Wildman–Crippen MR) is 86.8 cm³/mol. The molecule has 21 heavy (non-hydrogen) atoms. The number of aromatic nitrogens is 2. The molecule has 0 saturated heterocycles. The topological polar surface area (TPSA) is 25.8 Å². The number of halogens is 1. The fraction of sp³-hybridized carbons (Fsp3) is 0.444. The van der Waals surface area contributed by atoms with E-state index in [1.807, 2.05) is 6.07 Å². The first-order valence-electron chi connectivity index (χ1n) is 7.53. The smallest absolute Gasteiger partial charge is 0.140 e. The first-order valence-corrected chi connectivity index (χ1v) is 7.91. The molecule has 0 unspecified atom stereocenters. The highest BCUT2D eigenvalue weighted by atomic mass is 35.5. The molecule has 2 nitrogen and oxygen atoms in total. The minimum Gasteiger partial charge on any atom is -0.236 e. The van der Waals surface area contributed by atoms with Gasteiger partial charge in [0.05, 0.1) is 11.1 Å². The summed E-state index contributed by atoms with van der Waals surface area (Å²) in [7, 11) is 0. The normalized spacial score (nSPS) is 17.3. The van der Waals surface area contributed by atoms with Gasteiger partial charge in [-0.2, -0.15) is 0 Å². The Labute approximate surface area is 131 Å². The van der Waals surface area contributed by atoms with Crippen LogP contribution in [0.25, 0.3) is 0 Å². The van der Waals surface area contributed by atoms with E-state index in [0.717, 1.165) is 24.4 Å². The molecule has 110 valence electrons. The van der Waals surface area contributed by atoms with E-state index in [0.29, 0.717) is 5.15 Å². The monoisotopic (exact) mass is 300 g/mol. The van der Waals surface area contributed by atoms with Crippen LogP contribution in [0.2, 0.25) is 5.15 Å². The molecule has 0 atom stereocenters. The SMILES string of the molecule is CC(C)(C)c1cc(Cl)nc(C2(c3ccccc3)CCC2)n1. The molecule has 0 N–H and O–H groups in total. The summed E-state index contributed by atoms with van der Waals surface area (Å²) in [5, 5.41) is 0.548. The van der Waals surface area contributed by atoms with Gasteiger partial charge in [0.25, 0.3) is 0 Å². The second-order valence-corrected chi connectivity index (χ2v) is 7.34. The van der Waals surface area contributed by atoms with Crippen LogP contribution in [0.3, 0.4) is 0 Å². The maximum atomic E-state index is 6.28. The molecule has 1 heterocycles. The molecule has 3 heteroatoms. The first-order chi connectivity index (χ1) is 9.92. The summed E-state index contributed by atoms with van der Waals surface area (Å²) in [5.41, 5.74) is 2.24. The number of nitrogens with zero attached hydrogens (tertiary/aromatic N) is 2. The number of hydrogen-bond donors (Lipinski definition) is 0. The van der Waals surface area contributed by atoms with Crippen LogP contribution in [0.5, 0.6) is 0 Å². The molecule has 1 saturated carbocycles. The number of rotatable bonds is 2. The summed E-state index contributed by atoms with van der Waals surface area (Å²) in [5.74, 6) is 0.886. The zero-order chi connectivity index (χ0) is 15.1. The Bertz CT molecular complexity index is 640. The van der Waals surface area contributed by atoms with Crippen molar-refractivity contribution in [3.8, 4) is 0 Å². The van der Waals surface area contributed by atoms with Crippen LogP contribution in [-0.2, 0) is 10.8 Å². The zero-order valence-electron chi connectivity index (χ0n) is 12.9. The van der Waals surface area contributed by atoms with Gasteiger partial charge in [-0.1, -0.05) is 69.1 Å². The largest absolute Gasteiger partial charge is 0.236 e. The number of hydrogen-bond acceptors (Lipinski definition) is 2. The van der Waals surface area contributed by atoms with Crippen molar-refractivity contribution >= 4 is 11.6 Å². The third-order valence-corrected chi connectivity index (χ3v) is 4.62. The molecule has 1 aromatic carbocycles. The Morgan fingerprint density at radius 2 is 1.71 bits per heavy atom. The van der Waals surface area contributed by atoms with Crippen molar-refractivity contribution in [1.29, 1.82) is 0 Å². The highest BCUT2D eigenvalue weighted by Gasteiger charge is 2.43. The van der Waals surface area contributed by atoms with Gasteiger partial charge in [0.2, 0.25) is 0 Å². The van der Waals surface area contributed by atoms with Crippen molar-refractivity contribution in [3.63, 3.8) is 0 Å². The second-order valence-electron chi connectivity index (χ2n) is 6.95. The summed E-state index contributed by atoms with van der Waals surface area (Å²) in [4.78, 5) is 9.45. The second kappa shape index (κ2) is 5.10. The maximum absolute atomic E-state index is 6.28. The van der Waals surface area contributed by atoms with Crippen LogP contribution in [0.1, 0.15) is 57.1 Å². The molecule has 0 spiro atoms. The van der Waals surface area contributed by atoms with Crippen molar-refractivity contribution in [2.45, 2.75) is 50.9 Å². The summed E-state index contributed by atoms with van der Waals surface area (Å²) in [6.45, 7) is 6.47. The zero-order valence-corrected chi connectivity index (χ0v) is 13.6. The minimum atomic E-state index is -0.0494. The van der Waals surface area contributed by atoms with E-state index >= 15 is 0 Å². The molecular weight excluding hydrogens is 280 g/mol. The Morgan fingerprint density at radius 1 is 1.05 bits per heavy atom. The van der Waals surface area contributed by atoms with E-state index in [-0.39, 0.29) is 10.8 Å². The quantitative estimate of drug-likeness (QED) is 0.737. The fourth-order valence-electron chi connectivity index (χ4n) is 2.94. The van der Waals surface area contributed by atoms with Gasteiger partial charge < -0.3 is 0 Å². The summed E-state index contributed by atoms with van der Waals surface area (Å²) >= 11 is 6.28.